The van der Waals surface area contributed by atoms with E-state index in [1.54, 1.807) is 27.2 Å². The largest absolute Gasteiger partial charge is 0.493 e. The van der Waals surface area contributed by atoms with E-state index in [2.05, 4.69) is 5.16 Å². The minimum atomic E-state index is 0.488. The third-order valence-electron chi connectivity index (χ3n) is 3.54. The molecule has 1 N–H and O–H groups in total. The van der Waals surface area contributed by atoms with E-state index in [4.69, 9.17) is 26.3 Å². The van der Waals surface area contributed by atoms with Crippen LogP contribution in [-0.4, -0.2) is 25.1 Å². The molecular formula is C17H18ClNO3. The van der Waals surface area contributed by atoms with Crippen LogP contribution in [0.1, 0.15) is 18.1 Å². The zero-order valence-corrected chi connectivity index (χ0v) is 13.7. The molecule has 0 saturated heterocycles. The van der Waals surface area contributed by atoms with Crippen LogP contribution in [0.2, 0.25) is 5.02 Å². The molecule has 0 saturated carbocycles. The van der Waals surface area contributed by atoms with Crippen LogP contribution in [0.4, 0.5) is 0 Å². The summed E-state index contributed by atoms with van der Waals surface area (Å²) in [5.74, 6) is 1.18. The Hall–Kier alpha value is -2.20. The van der Waals surface area contributed by atoms with Gasteiger partial charge in [-0.25, -0.2) is 0 Å². The van der Waals surface area contributed by atoms with Gasteiger partial charge in [-0.05, 0) is 49.2 Å². The lowest BCUT2D eigenvalue weighted by molar-refractivity contribution is 0.319. The molecule has 0 aliphatic rings. The molecule has 0 radical (unpaired) electrons. The van der Waals surface area contributed by atoms with Crippen LogP contribution in [0.15, 0.2) is 35.5 Å². The van der Waals surface area contributed by atoms with Gasteiger partial charge in [0.05, 0.1) is 19.9 Å². The van der Waals surface area contributed by atoms with Gasteiger partial charge in [0.2, 0.25) is 0 Å². The Balaban J connectivity index is 2.80. The highest BCUT2D eigenvalue weighted by Crippen LogP contribution is 2.41. The van der Waals surface area contributed by atoms with Crippen molar-refractivity contribution in [2.45, 2.75) is 13.8 Å². The van der Waals surface area contributed by atoms with Crippen molar-refractivity contribution in [1.29, 1.82) is 0 Å². The Kier molecular flexibility index (Phi) is 4.93. The van der Waals surface area contributed by atoms with Crippen molar-refractivity contribution in [2.24, 2.45) is 5.16 Å². The van der Waals surface area contributed by atoms with Crippen LogP contribution in [0, 0.1) is 6.92 Å². The van der Waals surface area contributed by atoms with Crippen molar-refractivity contribution in [3.8, 4) is 22.6 Å². The lowest BCUT2D eigenvalue weighted by Crippen LogP contribution is -2.00. The molecule has 2 aromatic carbocycles. The average Bonchev–Trinajstić information content (AvgIpc) is 2.54. The molecule has 0 aliphatic heterocycles. The van der Waals surface area contributed by atoms with Gasteiger partial charge in [0.15, 0.2) is 11.5 Å². The summed E-state index contributed by atoms with van der Waals surface area (Å²) in [7, 11) is 3.16. The van der Waals surface area contributed by atoms with Crippen molar-refractivity contribution in [1.82, 2.24) is 0 Å². The summed E-state index contributed by atoms with van der Waals surface area (Å²) in [6, 6.07) is 9.34. The number of ether oxygens (including phenoxy) is 2. The lowest BCUT2D eigenvalue weighted by atomic mass is 9.96. The van der Waals surface area contributed by atoms with E-state index in [1.165, 1.54) is 0 Å². The maximum atomic E-state index is 9.03. The summed E-state index contributed by atoms with van der Waals surface area (Å²) in [6.45, 7) is 3.72. The fraction of sp³-hybridized carbons (Fsp3) is 0.235. The highest BCUT2D eigenvalue weighted by Gasteiger charge is 2.17. The Morgan fingerprint density at radius 2 is 1.82 bits per heavy atom. The van der Waals surface area contributed by atoms with Gasteiger partial charge >= 0.3 is 0 Å². The molecule has 0 atom stereocenters. The SMILES string of the molecule is COc1cc(/C(C)=N/O)cc(-c2cc(Cl)ccc2C)c1OC. The molecule has 0 heterocycles. The molecule has 22 heavy (non-hydrogen) atoms. The number of nitrogens with zero attached hydrogens (tertiary/aromatic N) is 1. The molecule has 0 spiro atoms. The van der Waals surface area contributed by atoms with Gasteiger partial charge in [-0.3, -0.25) is 0 Å². The van der Waals surface area contributed by atoms with Gasteiger partial charge in [-0.1, -0.05) is 22.8 Å². The van der Waals surface area contributed by atoms with Gasteiger partial charge in [0.25, 0.3) is 0 Å². The number of oxime groups is 1. The van der Waals surface area contributed by atoms with Crippen LogP contribution in [-0.2, 0) is 0 Å². The number of aryl methyl sites for hydroxylation is 1. The Bertz CT molecular complexity index is 726. The average molecular weight is 320 g/mol. The summed E-state index contributed by atoms with van der Waals surface area (Å²) in [5, 5.41) is 12.9. The number of methoxy groups -OCH3 is 2. The predicted octanol–water partition coefficient (Wildman–Crippen LogP) is 4.53. The zero-order chi connectivity index (χ0) is 16.3. The van der Waals surface area contributed by atoms with Gasteiger partial charge < -0.3 is 14.7 Å². The van der Waals surface area contributed by atoms with E-state index in [0.717, 1.165) is 22.3 Å². The molecule has 2 aromatic rings. The van der Waals surface area contributed by atoms with Crippen molar-refractivity contribution in [2.75, 3.05) is 14.2 Å². The zero-order valence-electron chi connectivity index (χ0n) is 13.0. The van der Waals surface area contributed by atoms with E-state index in [1.807, 2.05) is 31.2 Å². The molecule has 0 amide bonds. The highest BCUT2D eigenvalue weighted by atomic mass is 35.5. The molecular weight excluding hydrogens is 302 g/mol. The van der Waals surface area contributed by atoms with E-state index < -0.39 is 0 Å². The van der Waals surface area contributed by atoms with Gasteiger partial charge in [-0.15, -0.1) is 0 Å². The Morgan fingerprint density at radius 1 is 1.09 bits per heavy atom. The standard InChI is InChI=1S/C17H18ClNO3/c1-10-5-6-13(18)9-14(10)15-7-12(11(2)19-20)8-16(21-3)17(15)22-4/h5-9,20H,1-4H3/b19-11+. The molecule has 0 aromatic heterocycles. The van der Waals surface area contributed by atoms with Crippen molar-refractivity contribution < 1.29 is 14.7 Å². The van der Waals surface area contributed by atoms with E-state index in [0.29, 0.717) is 22.2 Å². The number of halogens is 1. The first kappa shape index (κ1) is 16.2. The van der Waals surface area contributed by atoms with Gasteiger partial charge in [-0.2, -0.15) is 0 Å². The first-order valence-electron chi connectivity index (χ1n) is 6.73. The fourth-order valence-corrected chi connectivity index (χ4v) is 2.49. The van der Waals surface area contributed by atoms with E-state index >= 15 is 0 Å². The minimum absolute atomic E-state index is 0.488. The second kappa shape index (κ2) is 6.71. The van der Waals surface area contributed by atoms with Crippen LogP contribution in [0.3, 0.4) is 0 Å². The Labute approximate surface area is 134 Å². The summed E-state index contributed by atoms with van der Waals surface area (Å²) in [5.41, 5.74) is 4.06. The molecule has 0 bridgehead atoms. The lowest BCUT2D eigenvalue weighted by Gasteiger charge is -2.16. The number of rotatable bonds is 4. The number of hydrogen-bond acceptors (Lipinski definition) is 4. The van der Waals surface area contributed by atoms with Gasteiger partial charge in [0.1, 0.15) is 0 Å². The third kappa shape index (κ3) is 3.02. The molecule has 4 nitrogen and oxygen atoms in total. The monoisotopic (exact) mass is 319 g/mol. The van der Waals surface area contributed by atoms with Crippen LogP contribution >= 0.6 is 11.6 Å². The number of benzene rings is 2. The maximum Gasteiger partial charge on any atom is 0.168 e. The van der Waals surface area contributed by atoms with Crippen LogP contribution in [0.25, 0.3) is 11.1 Å². The second-order valence-corrected chi connectivity index (χ2v) is 5.34. The highest BCUT2D eigenvalue weighted by molar-refractivity contribution is 6.30. The molecule has 0 aliphatic carbocycles. The van der Waals surface area contributed by atoms with E-state index in [-0.39, 0.29) is 0 Å². The minimum Gasteiger partial charge on any atom is -0.493 e. The van der Waals surface area contributed by atoms with Crippen molar-refractivity contribution in [3.63, 3.8) is 0 Å². The second-order valence-electron chi connectivity index (χ2n) is 4.90. The molecule has 2 rings (SSSR count). The summed E-state index contributed by atoms with van der Waals surface area (Å²) in [6.07, 6.45) is 0. The van der Waals surface area contributed by atoms with Crippen LogP contribution in [0.5, 0.6) is 11.5 Å². The maximum absolute atomic E-state index is 9.03. The predicted molar refractivity (Wildman–Crippen MR) is 88.7 cm³/mol. The van der Waals surface area contributed by atoms with Crippen LogP contribution < -0.4 is 9.47 Å². The first-order valence-corrected chi connectivity index (χ1v) is 7.11. The van der Waals surface area contributed by atoms with E-state index in [9.17, 15) is 0 Å². The Morgan fingerprint density at radius 3 is 2.41 bits per heavy atom. The fourth-order valence-electron chi connectivity index (χ4n) is 2.32. The molecule has 5 heteroatoms. The topological polar surface area (TPSA) is 51.0 Å². The first-order chi connectivity index (χ1) is 10.5. The van der Waals surface area contributed by atoms with Crippen molar-refractivity contribution >= 4 is 17.3 Å². The summed E-state index contributed by atoms with van der Waals surface area (Å²) >= 11 is 6.13. The molecule has 0 unspecified atom stereocenters. The summed E-state index contributed by atoms with van der Waals surface area (Å²) < 4.78 is 10.9. The normalized spacial score (nSPS) is 11.4. The molecule has 0 fully saturated rings. The van der Waals surface area contributed by atoms with Gasteiger partial charge in [0, 0.05) is 16.1 Å². The van der Waals surface area contributed by atoms with Crippen molar-refractivity contribution in [3.05, 3.63) is 46.5 Å². The quantitative estimate of drug-likeness (QED) is 0.511. The molecule has 116 valence electrons. The third-order valence-corrected chi connectivity index (χ3v) is 3.77. The summed E-state index contributed by atoms with van der Waals surface area (Å²) in [4.78, 5) is 0. The smallest absolute Gasteiger partial charge is 0.168 e. The number of hydrogen-bond donors (Lipinski definition) is 1.